The minimum Gasteiger partial charge on any atom is -0.493 e. The lowest BCUT2D eigenvalue weighted by atomic mass is 9.95. The standard InChI is InChI=1S/C28H27ClN2O6S/c1-15(2)14-36-27(34)24-16(3)30-28-31(26(33)23(38-28)13-18-8-6-7-9-20(18)29)25(24)19-10-11-21(37-17(4)32)22(12-19)35-5/h6-13,15,25H,14H2,1-5H3/b23-13+. The van der Waals surface area contributed by atoms with E-state index in [2.05, 4.69) is 4.99 Å². The number of aromatic nitrogens is 1. The lowest BCUT2D eigenvalue weighted by Crippen LogP contribution is -2.40. The van der Waals surface area contributed by atoms with Gasteiger partial charge in [-0.15, -0.1) is 0 Å². The summed E-state index contributed by atoms with van der Waals surface area (Å²) in [4.78, 5) is 43.7. The van der Waals surface area contributed by atoms with Crippen LogP contribution in [0.1, 0.15) is 44.9 Å². The molecule has 38 heavy (non-hydrogen) atoms. The number of rotatable bonds is 7. The lowest BCUT2D eigenvalue weighted by molar-refractivity contribution is -0.140. The van der Waals surface area contributed by atoms with Crippen molar-refractivity contribution in [2.75, 3.05) is 13.7 Å². The van der Waals surface area contributed by atoms with E-state index < -0.39 is 18.0 Å². The van der Waals surface area contributed by atoms with Crippen LogP contribution in [0.3, 0.4) is 0 Å². The molecule has 0 fully saturated rings. The van der Waals surface area contributed by atoms with Crippen LogP contribution in [0.5, 0.6) is 11.5 Å². The van der Waals surface area contributed by atoms with Crippen LogP contribution in [-0.2, 0) is 14.3 Å². The van der Waals surface area contributed by atoms with E-state index in [1.165, 1.54) is 29.9 Å². The third-order valence-electron chi connectivity index (χ3n) is 5.74. The smallest absolute Gasteiger partial charge is 0.338 e. The van der Waals surface area contributed by atoms with Gasteiger partial charge in [0.25, 0.3) is 5.56 Å². The highest BCUT2D eigenvalue weighted by Gasteiger charge is 2.34. The summed E-state index contributed by atoms with van der Waals surface area (Å²) in [6.45, 7) is 7.10. The number of thiazole rings is 1. The zero-order valence-corrected chi connectivity index (χ0v) is 23.2. The molecule has 0 amide bonds. The predicted molar refractivity (Wildman–Crippen MR) is 145 cm³/mol. The third-order valence-corrected chi connectivity index (χ3v) is 7.07. The van der Waals surface area contributed by atoms with Gasteiger partial charge < -0.3 is 14.2 Å². The number of benzene rings is 2. The molecule has 1 aliphatic rings. The first kappa shape index (κ1) is 27.3. The molecule has 0 saturated heterocycles. The summed E-state index contributed by atoms with van der Waals surface area (Å²) >= 11 is 7.54. The predicted octanol–water partition coefficient (Wildman–Crippen LogP) is 4.02. The number of halogens is 1. The minimum absolute atomic E-state index is 0.123. The van der Waals surface area contributed by atoms with Crippen molar-refractivity contribution in [3.8, 4) is 11.5 Å². The first-order chi connectivity index (χ1) is 18.1. The van der Waals surface area contributed by atoms with Crippen LogP contribution in [0, 0.1) is 5.92 Å². The maximum atomic E-state index is 13.8. The van der Waals surface area contributed by atoms with Gasteiger partial charge in [-0.1, -0.05) is 61.1 Å². The molecule has 1 aliphatic heterocycles. The van der Waals surface area contributed by atoms with Gasteiger partial charge >= 0.3 is 11.9 Å². The Kier molecular flexibility index (Phi) is 8.18. The number of methoxy groups -OCH3 is 1. The summed E-state index contributed by atoms with van der Waals surface area (Å²) in [7, 11) is 1.44. The van der Waals surface area contributed by atoms with Gasteiger partial charge in [0.05, 0.1) is 35.6 Å². The van der Waals surface area contributed by atoms with E-state index in [4.69, 9.17) is 25.8 Å². The molecule has 0 aliphatic carbocycles. The molecule has 0 N–H and O–H groups in total. The molecule has 2 aromatic carbocycles. The third kappa shape index (κ3) is 5.58. The zero-order chi connectivity index (χ0) is 27.6. The molecule has 0 radical (unpaired) electrons. The SMILES string of the molecule is COc1cc(C2C(C(=O)OCC(C)C)=C(C)N=c3s/c(=C/c4ccccc4Cl)c(=O)n32)ccc1OC(C)=O. The second-order valence-electron chi connectivity index (χ2n) is 9.10. The van der Waals surface area contributed by atoms with Gasteiger partial charge in [-0.25, -0.2) is 9.79 Å². The van der Waals surface area contributed by atoms with E-state index in [0.717, 1.165) is 0 Å². The number of allylic oxidation sites excluding steroid dienone is 1. The number of hydrogen-bond donors (Lipinski definition) is 0. The summed E-state index contributed by atoms with van der Waals surface area (Å²) in [5.74, 6) is -0.441. The van der Waals surface area contributed by atoms with Crippen LogP contribution in [0.25, 0.3) is 6.08 Å². The fourth-order valence-electron chi connectivity index (χ4n) is 4.04. The average Bonchev–Trinajstić information content (AvgIpc) is 3.17. The highest BCUT2D eigenvalue weighted by atomic mass is 35.5. The maximum Gasteiger partial charge on any atom is 0.338 e. The van der Waals surface area contributed by atoms with Crippen LogP contribution in [-0.4, -0.2) is 30.2 Å². The van der Waals surface area contributed by atoms with Crippen LogP contribution in [0.4, 0.5) is 0 Å². The molecule has 1 unspecified atom stereocenters. The maximum absolute atomic E-state index is 13.8. The summed E-state index contributed by atoms with van der Waals surface area (Å²) in [6.07, 6.45) is 1.71. The average molecular weight is 555 g/mol. The number of esters is 2. The van der Waals surface area contributed by atoms with Crippen molar-refractivity contribution < 1.29 is 23.8 Å². The van der Waals surface area contributed by atoms with Gasteiger partial charge in [-0.2, -0.15) is 0 Å². The van der Waals surface area contributed by atoms with Gasteiger partial charge in [0.1, 0.15) is 0 Å². The molecule has 4 rings (SSSR count). The Hall–Kier alpha value is -3.69. The lowest BCUT2D eigenvalue weighted by Gasteiger charge is -2.25. The second-order valence-corrected chi connectivity index (χ2v) is 10.5. The first-order valence-electron chi connectivity index (χ1n) is 11.9. The summed E-state index contributed by atoms with van der Waals surface area (Å²) in [6, 6.07) is 11.3. The van der Waals surface area contributed by atoms with E-state index in [0.29, 0.717) is 31.2 Å². The Labute approximate surface area is 228 Å². The van der Waals surface area contributed by atoms with E-state index in [1.807, 2.05) is 32.0 Å². The molecule has 10 heteroatoms. The van der Waals surface area contributed by atoms with Crippen LogP contribution in [0.2, 0.25) is 5.02 Å². The highest BCUT2D eigenvalue weighted by molar-refractivity contribution is 7.07. The summed E-state index contributed by atoms with van der Waals surface area (Å²) < 4.78 is 18.2. The Morgan fingerprint density at radius 2 is 1.92 bits per heavy atom. The fourth-order valence-corrected chi connectivity index (χ4v) is 5.27. The first-order valence-corrected chi connectivity index (χ1v) is 13.1. The van der Waals surface area contributed by atoms with E-state index >= 15 is 0 Å². The normalized spacial score (nSPS) is 15.2. The van der Waals surface area contributed by atoms with Gasteiger partial charge in [0, 0.05) is 11.9 Å². The molecule has 1 atom stereocenters. The van der Waals surface area contributed by atoms with E-state index in [9.17, 15) is 14.4 Å². The topological polar surface area (TPSA) is 96.2 Å². The van der Waals surface area contributed by atoms with Crippen molar-refractivity contribution in [1.29, 1.82) is 0 Å². The van der Waals surface area contributed by atoms with Gasteiger partial charge in [-0.05, 0) is 48.2 Å². The number of carbonyl (C=O) groups excluding carboxylic acids is 2. The molecule has 8 nitrogen and oxygen atoms in total. The molecule has 0 spiro atoms. The Morgan fingerprint density at radius 3 is 2.58 bits per heavy atom. The number of carbonyl (C=O) groups is 2. The molecule has 198 valence electrons. The largest absolute Gasteiger partial charge is 0.493 e. The Bertz CT molecular complexity index is 1620. The van der Waals surface area contributed by atoms with Crippen molar-refractivity contribution in [2.24, 2.45) is 10.9 Å². The van der Waals surface area contributed by atoms with Crippen LogP contribution < -0.4 is 24.4 Å². The summed E-state index contributed by atoms with van der Waals surface area (Å²) in [5, 5.41) is 0.509. The molecular formula is C28H27ClN2O6S. The molecule has 3 aromatic rings. The second kappa shape index (κ2) is 11.4. The van der Waals surface area contributed by atoms with Gasteiger partial charge in [0.15, 0.2) is 16.3 Å². The van der Waals surface area contributed by atoms with E-state index in [-0.39, 0.29) is 35.2 Å². The minimum atomic E-state index is -0.848. The van der Waals surface area contributed by atoms with Crippen LogP contribution in [0.15, 0.2) is 63.5 Å². The van der Waals surface area contributed by atoms with Crippen molar-refractivity contribution in [1.82, 2.24) is 4.57 Å². The van der Waals surface area contributed by atoms with Crippen molar-refractivity contribution >= 4 is 41.0 Å². The Balaban J connectivity index is 1.94. The molecule has 0 bridgehead atoms. The van der Waals surface area contributed by atoms with Crippen molar-refractivity contribution in [2.45, 2.75) is 33.7 Å². The number of nitrogens with zero attached hydrogens (tertiary/aromatic N) is 2. The Morgan fingerprint density at radius 1 is 1.18 bits per heavy atom. The number of ether oxygens (including phenoxy) is 3. The van der Waals surface area contributed by atoms with Crippen molar-refractivity contribution in [3.05, 3.63) is 89.6 Å². The van der Waals surface area contributed by atoms with Gasteiger partial charge in [0.2, 0.25) is 0 Å². The van der Waals surface area contributed by atoms with Crippen LogP contribution >= 0.6 is 22.9 Å². The fraction of sp³-hybridized carbons (Fsp3) is 0.286. The quantitative estimate of drug-likeness (QED) is 0.323. The molecular weight excluding hydrogens is 528 g/mol. The number of fused-ring (bicyclic) bond motifs is 1. The zero-order valence-electron chi connectivity index (χ0n) is 21.6. The van der Waals surface area contributed by atoms with Crippen molar-refractivity contribution in [3.63, 3.8) is 0 Å². The highest BCUT2D eigenvalue weighted by Crippen LogP contribution is 2.36. The van der Waals surface area contributed by atoms with E-state index in [1.54, 1.807) is 37.3 Å². The summed E-state index contributed by atoms with van der Waals surface area (Å²) in [5.41, 5.74) is 1.61. The molecule has 0 saturated carbocycles. The number of hydrogen-bond acceptors (Lipinski definition) is 8. The monoisotopic (exact) mass is 554 g/mol. The molecule has 2 heterocycles. The van der Waals surface area contributed by atoms with Gasteiger partial charge in [-0.3, -0.25) is 14.2 Å². The molecule has 1 aromatic heterocycles.